The molecule has 0 aliphatic carbocycles. The summed E-state index contributed by atoms with van der Waals surface area (Å²) < 4.78 is 7.69. The molecule has 2 N–H and O–H groups in total. The van der Waals surface area contributed by atoms with E-state index in [1.807, 2.05) is 41.9 Å². The molecule has 0 spiro atoms. The molecule has 3 aromatic rings. The van der Waals surface area contributed by atoms with Gasteiger partial charge in [0.1, 0.15) is 11.9 Å². The average Bonchev–Trinajstić information content (AvgIpc) is 3.36. The van der Waals surface area contributed by atoms with Gasteiger partial charge in [0.2, 0.25) is 0 Å². The second-order valence-corrected chi connectivity index (χ2v) is 6.22. The van der Waals surface area contributed by atoms with Gasteiger partial charge in [0.25, 0.3) is 0 Å². The molecule has 0 radical (unpaired) electrons. The van der Waals surface area contributed by atoms with Crippen LogP contribution in [0.15, 0.2) is 36.5 Å². The first-order valence-electron chi connectivity index (χ1n) is 8.47. The summed E-state index contributed by atoms with van der Waals surface area (Å²) >= 11 is 0. The number of aromatic amines is 1. The van der Waals surface area contributed by atoms with E-state index in [0.717, 1.165) is 42.6 Å². The Balaban J connectivity index is 1.38. The van der Waals surface area contributed by atoms with Crippen LogP contribution in [0.1, 0.15) is 29.9 Å². The summed E-state index contributed by atoms with van der Waals surface area (Å²) in [5.41, 5.74) is 2.03. The van der Waals surface area contributed by atoms with Gasteiger partial charge in [0.15, 0.2) is 5.82 Å². The third kappa shape index (κ3) is 3.45. The number of nitrogens with one attached hydrogen (secondary N) is 2. The summed E-state index contributed by atoms with van der Waals surface area (Å²) in [7, 11) is 0. The Hall–Kier alpha value is -2.58. The molecule has 3 heterocycles. The highest BCUT2D eigenvalue weighted by atomic mass is 16.5. The molecular weight excluding hydrogens is 318 g/mol. The van der Waals surface area contributed by atoms with Crippen LogP contribution in [0.2, 0.25) is 0 Å². The van der Waals surface area contributed by atoms with Gasteiger partial charge in [-0.15, -0.1) is 5.10 Å². The summed E-state index contributed by atoms with van der Waals surface area (Å²) in [6.07, 6.45) is 2.75. The maximum absolute atomic E-state index is 5.83. The molecular formula is C17H21N7O. The van der Waals surface area contributed by atoms with Crippen LogP contribution in [-0.4, -0.2) is 43.3 Å². The first-order valence-corrected chi connectivity index (χ1v) is 8.47. The highest BCUT2D eigenvalue weighted by Gasteiger charge is 2.32. The van der Waals surface area contributed by atoms with Crippen molar-refractivity contribution in [3.63, 3.8) is 0 Å². The van der Waals surface area contributed by atoms with E-state index in [2.05, 4.69) is 30.8 Å². The minimum Gasteiger partial charge on any atom is -0.370 e. The lowest BCUT2D eigenvalue weighted by Gasteiger charge is -2.16. The summed E-state index contributed by atoms with van der Waals surface area (Å²) in [6.45, 7) is 4.17. The van der Waals surface area contributed by atoms with E-state index in [4.69, 9.17) is 4.74 Å². The zero-order chi connectivity index (χ0) is 17.1. The van der Waals surface area contributed by atoms with Gasteiger partial charge in [-0.3, -0.25) is 5.10 Å². The number of aromatic nitrogens is 6. The van der Waals surface area contributed by atoms with Gasteiger partial charge in [-0.25, -0.2) is 9.67 Å². The van der Waals surface area contributed by atoms with Gasteiger partial charge >= 0.3 is 0 Å². The smallest absolute Gasteiger partial charge is 0.179 e. The Labute approximate surface area is 145 Å². The number of H-pyrrole nitrogens is 1. The number of para-hydroxylation sites is 1. The highest BCUT2D eigenvalue weighted by molar-refractivity contribution is 5.31. The minimum atomic E-state index is -0.0467. The van der Waals surface area contributed by atoms with Crippen molar-refractivity contribution in [2.75, 3.05) is 13.2 Å². The van der Waals surface area contributed by atoms with Crippen LogP contribution in [-0.2, 0) is 11.3 Å². The molecule has 8 heteroatoms. The summed E-state index contributed by atoms with van der Waals surface area (Å²) in [5.74, 6) is 1.92. The third-order valence-corrected chi connectivity index (χ3v) is 4.42. The fourth-order valence-corrected chi connectivity index (χ4v) is 3.16. The van der Waals surface area contributed by atoms with Crippen molar-refractivity contribution < 1.29 is 4.74 Å². The Morgan fingerprint density at radius 2 is 2.20 bits per heavy atom. The zero-order valence-corrected chi connectivity index (χ0v) is 14.1. The van der Waals surface area contributed by atoms with E-state index in [1.54, 1.807) is 6.20 Å². The second kappa shape index (κ2) is 7.12. The van der Waals surface area contributed by atoms with Gasteiger partial charge < -0.3 is 10.1 Å². The summed E-state index contributed by atoms with van der Waals surface area (Å²) in [6, 6.07) is 10.0. The molecule has 2 aromatic heterocycles. The lowest BCUT2D eigenvalue weighted by Crippen LogP contribution is -2.26. The predicted octanol–water partition coefficient (Wildman–Crippen LogP) is 1.56. The molecule has 1 aliphatic rings. The van der Waals surface area contributed by atoms with Gasteiger partial charge in [-0.05, 0) is 25.5 Å². The Morgan fingerprint density at radius 1 is 1.32 bits per heavy atom. The van der Waals surface area contributed by atoms with Crippen LogP contribution in [0.3, 0.4) is 0 Å². The van der Waals surface area contributed by atoms with Crippen LogP contribution in [0.25, 0.3) is 5.69 Å². The molecule has 1 aromatic carbocycles. The average molecular weight is 339 g/mol. The SMILES string of the molecule is Cc1nc([C@H]2OCC[C@H]2CNCc2cnnn2-c2ccccc2)n[nH]1. The van der Waals surface area contributed by atoms with Crippen molar-refractivity contribution in [1.29, 1.82) is 0 Å². The van der Waals surface area contributed by atoms with E-state index in [1.165, 1.54) is 0 Å². The molecule has 1 saturated heterocycles. The molecule has 0 unspecified atom stereocenters. The molecule has 0 saturated carbocycles. The van der Waals surface area contributed by atoms with Crippen molar-refractivity contribution in [3.8, 4) is 5.69 Å². The van der Waals surface area contributed by atoms with Crippen LogP contribution in [0.5, 0.6) is 0 Å². The monoisotopic (exact) mass is 339 g/mol. The number of hydrogen-bond acceptors (Lipinski definition) is 6. The van der Waals surface area contributed by atoms with Gasteiger partial charge in [-0.2, -0.15) is 5.10 Å². The van der Waals surface area contributed by atoms with E-state index in [9.17, 15) is 0 Å². The summed E-state index contributed by atoms with van der Waals surface area (Å²) in [4.78, 5) is 4.41. The molecule has 0 bridgehead atoms. The van der Waals surface area contributed by atoms with E-state index in [0.29, 0.717) is 12.5 Å². The minimum absolute atomic E-state index is 0.0467. The number of ether oxygens (including phenoxy) is 1. The topological polar surface area (TPSA) is 93.5 Å². The van der Waals surface area contributed by atoms with E-state index >= 15 is 0 Å². The van der Waals surface area contributed by atoms with Crippen molar-refractivity contribution in [2.24, 2.45) is 5.92 Å². The van der Waals surface area contributed by atoms with Crippen molar-refractivity contribution in [3.05, 3.63) is 53.9 Å². The number of rotatable bonds is 6. The van der Waals surface area contributed by atoms with E-state index < -0.39 is 0 Å². The molecule has 130 valence electrons. The van der Waals surface area contributed by atoms with Gasteiger partial charge in [0, 0.05) is 25.6 Å². The van der Waals surface area contributed by atoms with Gasteiger partial charge in [0.05, 0.1) is 17.6 Å². The summed E-state index contributed by atoms with van der Waals surface area (Å²) in [5, 5.41) is 18.9. The van der Waals surface area contributed by atoms with Crippen LogP contribution in [0, 0.1) is 12.8 Å². The Bertz CT molecular complexity index is 813. The van der Waals surface area contributed by atoms with E-state index in [-0.39, 0.29) is 6.10 Å². The second-order valence-electron chi connectivity index (χ2n) is 6.22. The molecule has 0 amide bonds. The number of nitrogens with zero attached hydrogens (tertiary/aromatic N) is 5. The fraction of sp³-hybridized carbons (Fsp3) is 0.412. The maximum atomic E-state index is 5.83. The zero-order valence-electron chi connectivity index (χ0n) is 14.1. The number of benzene rings is 1. The van der Waals surface area contributed by atoms with Crippen molar-refractivity contribution in [2.45, 2.75) is 26.0 Å². The normalized spacial score (nSPS) is 20.2. The lowest BCUT2D eigenvalue weighted by molar-refractivity contribution is 0.0835. The van der Waals surface area contributed by atoms with Crippen LogP contribution < -0.4 is 5.32 Å². The number of aryl methyl sites for hydroxylation is 1. The largest absolute Gasteiger partial charge is 0.370 e. The fourth-order valence-electron chi connectivity index (χ4n) is 3.16. The standard InChI is InChI=1S/C17H21N7O/c1-12-20-17(22-21-12)16-13(7-8-25-16)9-18-10-15-11-19-23-24(15)14-5-3-2-4-6-14/h2-6,11,13,16,18H,7-10H2,1H3,(H,20,21,22)/t13-,16-/m0/s1. The quantitative estimate of drug-likeness (QED) is 0.708. The van der Waals surface area contributed by atoms with Crippen LogP contribution >= 0.6 is 0 Å². The molecule has 1 fully saturated rings. The van der Waals surface area contributed by atoms with Crippen molar-refractivity contribution >= 4 is 0 Å². The molecule has 2 atom stereocenters. The molecule has 8 nitrogen and oxygen atoms in total. The Kier molecular flexibility index (Phi) is 4.53. The number of hydrogen-bond donors (Lipinski definition) is 2. The first kappa shape index (κ1) is 15.9. The molecule has 4 rings (SSSR count). The first-order chi connectivity index (χ1) is 12.3. The molecule has 25 heavy (non-hydrogen) atoms. The lowest BCUT2D eigenvalue weighted by atomic mass is 10.0. The highest BCUT2D eigenvalue weighted by Crippen LogP contribution is 2.32. The van der Waals surface area contributed by atoms with Crippen molar-refractivity contribution in [1.82, 2.24) is 35.5 Å². The predicted molar refractivity (Wildman–Crippen MR) is 91.0 cm³/mol. The maximum Gasteiger partial charge on any atom is 0.179 e. The molecule has 1 aliphatic heterocycles. The Morgan fingerprint density at radius 3 is 3.00 bits per heavy atom. The van der Waals surface area contributed by atoms with Gasteiger partial charge in [-0.1, -0.05) is 23.4 Å². The third-order valence-electron chi connectivity index (χ3n) is 4.42. The van der Waals surface area contributed by atoms with Crippen LogP contribution in [0.4, 0.5) is 0 Å².